The predicted molar refractivity (Wildman–Crippen MR) is 61.6 cm³/mol. The summed E-state index contributed by atoms with van der Waals surface area (Å²) in [5.74, 6) is -0.0747. The Labute approximate surface area is 95.2 Å². The van der Waals surface area contributed by atoms with E-state index in [1.54, 1.807) is 12.1 Å². The normalized spacial score (nSPS) is 10.1. The van der Waals surface area contributed by atoms with Crippen molar-refractivity contribution in [3.63, 3.8) is 0 Å². The molecule has 0 spiro atoms. The van der Waals surface area contributed by atoms with Crippen LogP contribution in [0.4, 0.5) is 0 Å². The Bertz CT molecular complexity index is 339. The monoisotopic (exact) mass is 223 g/mol. The van der Waals surface area contributed by atoms with Crippen LogP contribution < -0.4 is 5.32 Å². The van der Waals surface area contributed by atoms with E-state index in [4.69, 9.17) is 4.74 Å². The van der Waals surface area contributed by atoms with Crippen molar-refractivity contribution < 1.29 is 14.6 Å². The van der Waals surface area contributed by atoms with Gasteiger partial charge in [-0.1, -0.05) is 6.07 Å². The zero-order valence-electron chi connectivity index (χ0n) is 9.40. The van der Waals surface area contributed by atoms with E-state index in [0.717, 1.165) is 6.42 Å². The van der Waals surface area contributed by atoms with Crippen LogP contribution in [0.1, 0.15) is 23.7 Å². The lowest BCUT2D eigenvalue weighted by Crippen LogP contribution is -2.25. The molecule has 0 radical (unpaired) electrons. The SMILES string of the molecule is CCOCCCNC(=O)c1cccc(O)c1. The number of hydrogen-bond acceptors (Lipinski definition) is 3. The van der Waals surface area contributed by atoms with Crippen molar-refractivity contribution >= 4 is 5.91 Å². The summed E-state index contributed by atoms with van der Waals surface area (Å²) < 4.78 is 5.15. The van der Waals surface area contributed by atoms with Gasteiger partial charge in [0.2, 0.25) is 0 Å². The molecule has 0 fully saturated rings. The second-order valence-corrected chi connectivity index (χ2v) is 3.36. The third-order valence-electron chi connectivity index (χ3n) is 2.06. The second kappa shape index (κ2) is 6.85. The number of phenols is 1. The molecule has 0 aliphatic rings. The van der Waals surface area contributed by atoms with E-state index in [9.17, 15) is 9.90 Å². The molecule has 0 heterocycles. The van der Waals surface area contributed by atoms with Crippen LogP contribution in [0.3, 0.4) is 0 Å². The summed E-state index contributed by atoms with van der Waals surface area (Å²) in [7, 11) is 0. The molecule has 16 heavy (non-hydrogen) atoms. The maximum atomic E-state index is 11.6. The van der Waals surface area contributed by atoms with Crippen LogP contribution in [0.2, 0.25) is 0 Å². The van der Waals surface area contributed by atoms with Gasteiger partial charge in [0, 0.05) is 25.3 Å². The molecule has 0 saturated carbocycles. The highest BCUT2D eigenvalue weighted by Gasteiger charge is 2.04. The number of rotatable bonds is 6. The van der Waals surface area contributed by atoms with Crippen molar-refractivity contribution in [1.29, 1.82) is 0 Å². The van der Waals surface area contributed by atoms with Crippen LogP contribution in [0, 0.1) is 0 Å². The summed E-state index contributed by atoms with van der Waals surface area (Å²) in [6.07, 6.45) is 0.790. The van der Waals surface area contributed by atoms with Crippen molar-refractivity contribution in [3.05, 3.63) is 29.8 Å². The smallest absolute Gasteiger partial charge is 0.251 e. The average molecular weight is 223 g/mol. The molecule has 0 aliphatic carbocycles. The number of carbonyl (C=O) groups is 1. The van der Waals surface area contributed by atoms with Gasteiger partial charge in [-0.3, -0.25) is 4.79 Å². The third-order valence-corrected chi connectivity index (χ3v) is 2.06. The molecule has 4 heteroatoms. The quantitative estimate of drug-likeness (QED) is 0.719. The van der Waals surface area contributed by atoms with Crippen molar-refractivity contribution in [2.45, 2.75) is 13.3 Å². The van der Waals surface area contributed by atoms with Crippen LogP contribution in [0.25, 0.3) is 0 Å². The number of nitrogens with one attached hydrogen (secondary N) is 1. The summed E-state index contributed by atoms with van der Waals surface area (Å²) in [5, 5.41) is 12.0. The zero-order chi connectivity index (χ0) is 11.8. The molecular formula is C12H17NO3. The number of aromatic hydroxyl groups is 1. The van der Waals surface area contributed by atoms with E-state index >= 15 is 0 Å². The molecule has 4 nitrogen and oxygen atoms in total. The minimum atomic E-state index is -0.174. The topological polar surface area (TPSA) is 58.6 Å². The predicted octanol–water partition coefficient (Wildman–Crippen LogP) is 1.55. The maximum absolute atomic E-state index is 11.6. The molecule has 0 bridgehead atoms. The van der Waals surface area contributed by atoms with E-state index in [0.29, 0.717) is 25.3 Å². The molecule has 0 atom stereocenters. The van der Waals surface area contributed by atoms with Crippen LogP contribution in [0.15, 0.2) is 24.3 Å². The number of benzene rings is 1. The fourth-order valence-electron chi connectivity index (χ4n) is 1.27. The lowest BCUT2D eigenvalue weighted by molar-refractivity contribution is 0.0944. The first kappa shape index (κ1) is 12.5. The highest BCUT2D eigenvalue weighted by atomic mass is 16.5. The summed E-state index contributed by atoms with van der Waals surface area (Å²) in [6.45, 7) is 3.86. The van der Waals surface area contributed by atoms with Gasteiger partial charge in [-0.15, -0.1) is 0 Å². The van der Waals surface area contributed by atoms with Crippen LogP contribution in [0.5, 0.6) is 5.75 Å². The Morgan fingerprint density at radius 2 is 2.31 bits per heavy atom. The minimum absolute atomic E-state index is 0.0990. The molecule has 88 valence electrons. The number of ether oxygens (including phenoxy) is 1. The highest BCUT2D eigenvalue weighted by molar-refractivity contribution is 5.94. The van der Waals surface area contributed by atoms with E-state index in [-0.39, 0.29) is 11.7 Å². The molecule has 0 aliphatic heterocycles. The molecule has 0 aromatic heterocycles. The molecule has 1 aromatic carbocycles. The lowest BCUT2D eigenvalue weighted by atomic mass is 10.2. The molecule has 0 saturated heterocycles. The fourth-order valence-corrected chi connectivity index (χ4v) is 1.27. The van der Waals surface area contributed by atoms with Gasteiger partial charge in [0.15, 0.2) is 0 Å². The van der Waals surface area contributed by atoms with E-state index < -0.39 is 0 Å². The minimum Gasteiger partial charge on any atom is -0.508 e. The number of phenolic OH excluding ortho intramolecular Hbond substituents is 1. The van der Waals surface area contributed by atoms with Crippen molar-refractivity contribution in [3.8, 4) is 5.75 Å². The Balaban J connectivity index is 2.30. The van der Waals surface area contributed by atoms with E-state index in [1.165, 1.54) is 12.1 Å². The molecule has 1 amide bonds. The average Bonchev–Trinajstić information content (AvgIpc) is 2.28. The standard InChI is InChI=1S/C12H17NO3/c1-2-16-8-4-7-13-12(15)10-5-3-6-11(14)9-10/h3,5-6,9,14H,2,4,7-8H2,1H3,(H,13,15). The van der Waals surface area contributed by atoms with E-state index in [2.05, 4.69) is 5.32 Å². The summed E-state index contributed by atoms with van der Waals surface area (Å²) in [5.41, 5.74) is 0.469. The first-order valence-electron chi connectivity index (χ1n) is 5.39. The van der Waals surface area contributed by atoms with Gasteiger partial charge in [-0.2, -0.15) is 0 Å². The Morgan fingerprint density at radius 3 is 3.00 bits per heavy atom. The molecule has 2 N–H and O–H groups in total. The van der Waals surface area contributed by atoms with Gasteiger partial charge in [0.25, 0.3) is 5.91 Å². The zero-order valence-corrected chi connectivity index (χ0v) is 9.40. The maximum Gasteiger partial charge on any atom is 0.251 e. The van der Waals surface area contributed by atoms with Crippen molar-refractivity contribution in [2.24, 2.45) is 0 Å². The summed E-state index contributed by atoms with van der Waals surface area (Å²) in [4.78, 5) is 11.6. The first-order valence-corrected chi connectivity index (χ1v) is 5.39. The summed E-state index contributed by atoms with van der Waals surface area (Å²) >= 11 is 0. The third kappa shape index (κ3) is 4.31. The van der Waals surface area contributed by atoms with Gasteiger partial charge in [-0.25, -0.2) is 0 Å². The molecule has 1 aromatic rings. The largest absolute Gasteiger partial charge is 0.508 e. The number of carbonyl (C=O) groups excluding carboxylic acids is 1. The Hall–Kier alpha value is -1.55. The van der Waals surface area contributed by atoms with Crippen molar-refractivity contribution in [2.75, 3.05) is 19.8 Å². The number of hydrogen-bond donors (Lipinski definition) is 2. The Kier molecular flexibility index (Phi) is 5.36. The van der Waals surface area contributed by atoms with E-state index in [1.807, 2.05) is 6.92 Å². The van der Waals surface area contributed by atoms with Gasteiger partial charge in [0.1, 0.15) is 5.75 Å². The van der Waals surface area contributed by atoms with Crippen molar-refractivity contribution in [1.82, 2.24) is 5.32 Å². The van der Waals surface area contributed by atoms with Crippen LogP contribution >= 0.6 is 0 Å². The van der Waals surface area contributed by atoms with Crippen LogP contribution in [-0.4, -0.2) is 30.8 Å². The highest BCUT2D eigenvalue weighted by Crippen LogP contribution is 2.10. The van der Waals surface area contributed by atoms with Gasteiger partial charge < -0.3 is 15.2 Å². The molecular weight excluding hydrogens is 206 g/mol. The fraction of sp³-hybridized carbons (Fsp3) is 0.417. The Morgan fingerprint density at radius 1 is 1.50 bits per heavy atom. The van der Waals surface area contributed by atoms with Gasteiger partial charge in [-0.05, 0) is 31.5 Å². The first-order chi connectivity index (χ1) is 7.74. The molecule has 0 unspecified atom stereocenters. The van der Waals surface area contributed by atoms with Gasteiger partial charge >= 0.3 is 0 Å². The van der Waals surface area contributed by atoms with Gasteiger partial charge in [0.05, 0.1) is 0 Å². The second-order valence-electron chi connectivity index (χ2n) is 3.36. The lowest BCUT2D eigenvalue weighted by Gasteiger charge is -2.05. The summed E-state index contributed by atoms with van der Waals surface area (Å²) in [6, 6.07) is 6.28. The van der Waals surface area contributed by atoms with Crippen LogP contribution in [-0.2, 0) is 4.74 Å². The molecule has 1 rings (SSSR count). The number of amides is 1.